The molecule has 11 nitrogen and oxygen atoms in total. The minimum Gasteiger partial charge on any atom is -0.497 e. The van der Waals surface area contributed by atoms with Crippen molar-refractivity contribution in [1.82, 2.24) is 9.80 Å². The Kier molecular flexibility index (Phi) is 10.8. The van der Waals surface area contributed by atoms with Crippen LogP contribution in [0.25, 0.3) is 0 Å². The third-order valence-electron chi connectivity index (χ3n) is 10.7. The molecule has 0 unspecified atom stereocenters. The molecule has 4 aliphatic heterocycles. The number of rotatable bonds is 7. The van der Waals surface area contributed by atoms with E-state index in [4.69, 9.17) is 14.2 Å². The zero-order chi connectivity index (χ0) is 36.6. The molecule has 4 heterocycles. The fraction of sp³-hybridized carbons (Fsp3) is 0.487. The summed E-state index contributed by atoms with van der Waals surface area (Å²) in [5, 5.41) is 10.7. The molecule has 2 aromatic rings. The Hall–Kier alpha value is -4.00. The lowest BCUT2D eigenvalue weighted by Gasteiger charge is -2.39. The molecular weight excluding hydrogens is 718 g/mol. The summed E-state index contributed by atoms with van der Waals surface area (Å²) < 4.78 is 19.0. The number of allylic oxidation sites excluding steroid dienone is 1. The van der Waals surface area contributed by atoms with E-state index in [1.807, 2.05) is 63.3 Å². The highest BCUT2D eigenvalue weighted by molar-refractivity contribution is 9.11. The van der Waals surface area contributed by atoms with E-state index in [1.54, 1.807) is 54.3 Å². The van der Waals surface area contributed by atoms with E-state index < -0.39 is 65.6 Å². The molecule has 0 aromatic heterocycles. The summed E-state index contributed by atoms with van der Waals surface area (Å²) in [5.74, 6) is -3.17. The highest BCUT2D eigenvalue weighted by Crippen LogP contribution is 2.59. The number of likely N-dealkylation sites (tertiary alicyclic amines) is 1. The highest BCUT2D eigenvalue weighted by atomic mass is 79.9. The number of cyclic esters (lactones) is 1. The predicted molar refractivity (Wildman–Crippen MR) is 194 cm³/mol. The molecule has 8 atom stereocenters. The molecule has 6 rings (SSSR count). The Balaban J connectivity index is 1.51. The summed E-state index contributed by atoms with van der Waals surface area (Å²) in [4.78, 5) is 62.7. The lowest BCUT2D eigenvalue weighted by Crippen LogP contribution is -2.59. The third-order valence-corrected chi connectivity index (χ3v) is 11.3. The summed E-state index contributed by atoms with van der Waals surface area (Å²) in [6.45, 7) is 5.57. The number of amides is 3. The van der Waals surface area contributed by atoms with Gasteiger partial charge in [-0.2, -0.15) is 0 Å². The Morgan fingerprint density at radius 1 is 1.00 bits per heavy atom. The fourth-order valence-electron chi connectivity index (χ4n) is 8.05. The first-order valence-corrected chi connectivity index (χ1v) is 18.3. The normalized spacial score (nSPS) is 31.1. The number of anilines is 1. The highest BCUT2D eigenvalue weighted by Gasteiger charge is 2.75. The summed E-state index contributed by atoms with van der Waals surface area (Å²) in [6, 6.07) is 13.8. The Labute approximate surface area is 307 Å². The standard InChI is InChI=1S/C39H46BrN3O8/c1-23(2)20-27(22-44)43-35-37(47)42(26-15-17-28(49-5)18-16-26)19-11-7-10-14-30(45)41(4)24(3)33(25-12-8-6-9-13-25)50-38(48)31-32(36(43)46)39(35)21-29(40)34(31)51-39/h6-9,11-13,15-18,21,23-24,27,31-35,44H,10,14,19-20,22H2,1-5H3/b11-7-/t24-,27+,31+,32-,33+,34+,35+,39-/m0/s1. The molecule has 1 N–H and O–H groups in total. The number of aliphatic hydroxyl groups excluding tert-OH is 1. The maximum absolute atomic E-state index is 15.2. The molecule has 2 aromatic carbocycles. The Bertz CT molecular complexity index is 1700. The van der Waals surface area contributed by atoms with Crippen LogP contribution in [0.4, 0.5) is 5.69 Å². The molecule has 5 bridgehead atoms. The zero-order valence-corrected chi connectivity index (χ0v) is 31.2. The van der Waals surface area contributed by atoms with E-state index in [1.165, 1.54) is 4.90 Å². The second kappa shape index (κ2) is 14.9. The van der Waals surface area contributed by atoms with Crippen molar-refractivity contribution in [2.75, 3.05) is 32.2 Å². The van der Waals surface area contributed by atoms with Gasteiger partial charge < -0.3 is 34.0 Å². The number of aliphatic hydroxyl groups is 1. The van der Waals surface area contributed by atoms with Crippen molar-refractivity contribution in [2.24, 2.45) is 17.8 Å². The predicted octanol–water partition coefficient (Wildman–Crippen LogP) is 4.79. The van der Waals surface area contributed by atoms with Gasteiger partial charge in [0.15, 0.2) is 0 Å². The first-order valence-electron chi connectivity index (χ1n) is 17.5. The average molecular weight is 765 g/mol. The van der Waals surface area contributed by atoms with Crippen LogP contribution in [0, 0.1) is 17.8 Å². The number of hydrogen-bond acceptors (Lipinski definition) is 8. The monoisotopic (exact) mass is 763 g/mol. The third kappa shape index (κ3) is 6.62. The number of methoxy groups -OCH3 is 1. The van der Waals surface area contributed by atoms with E-state index in [0.717, 1.165) is 0 Å². The van der Waals surface area contributed by atoms with Crippen molar-refractivity contribution >= 4 is 45.3 Å². The van der Waals surface area contributed by atoms with Gasteiger partial charge >= 0.3 is 5.97 Å². The van der Waals surface area contributed by atoms with Gasteiger partial charge in [0.1, 0.15) is 35.5 Å². The number of hydrogen-bond donors (Lipinski definition) is 1. The van der Waals surface area contributed by atoms with Crippen LogP contribution in [0.3, 0.4) is 0 Å². The van der Waals surface area contributed by atoms with Crippen molar-refractivity contribution in [2.45, 2.75) is 76.0 Å². The Morgan fingerprint density at radius 3 is 2.35 bits per heavy atom. The van der Waals surface area contributed by atoms with Gasteiger partial charge in [-0.1, -0.05) is 72.3 Å². The number of carbonyl (C=O) groups excluding carboxylic acids is 4. The van der Waals surface area contributed by atoms with Crippen LogP contribution in [0.15, 0.2) is 77.3 Å². The van der Waals surface area contributed by atoms with Gasteiger partial charge in [-0.25, -0.2) is 0 Å². The first-order chi connectivity index (χ1) is 24.4. The number of benzene rings is 2. The van der Waals surface area contributed by atoms with Gasteiger partial charge in [0.25, 0.3) is 5.91 Å². The van der Waals surface area contributed by atoms with E-state index >= 15 is 4.79 Å². The van der Waals surface area contributed by atoms with Gasteiger partial charge in [-0.05, 0) is 61.6 Å². The van der Waals surface area contributed by atoms with Crippen LogP contribution in [-0.4, -0.2) is 95.7 Å². The lowest BCUT2D eigenvalue weighted by molar-refractivity contribution is -0.164. The van der Waals surface area contributed by atoms with Crippen LogP contribution in [0.1, 0.15) is 51.7 Å². The van der Waals surface area contributed by atoms with Crippen molar-refractivity contribution in [3.8, 4) is 5.75 Å². The van der Waals surface area contributed by atoms with Crippen molar-refractivity contribution in [3.63, 3.8) is 0 Å². The molecule has 0 aliphatic carbocycles. The smallest absolute Gasteiger partial charge is 0.313 e. The van der Waals surface area contributed by atoms with E-state index in [0.29, 0.717) is 34.3 Å². The largest absolute Gasteiger partial charge is 0.497 e. The van der Waals surface area contributed by atoms with E-state index in [-0.39, 0.29) is 31.4 Å². The van der Waals surface area contributed by atoms with E-state index in [9.17, 15) is 19.5 Å². The number of fused-ring (bicyclic) bond motifs is 2. The number of likely N-dealkylation sites (N-methyl/N-ethyl adjacent to an activating group) is 1. The molecule has 0 radical (unpaired) electrons. The van der Waals surface area contributed by atoms with Crippen LogP contribution < -0.4 is 9.64 Å². The average Bonchev–Trinajstić information content (AvgIpc) is 3.73. The SMILES string of the molecule is COc1ccc(N2C/C=C\CCC(=O)N(C)[C@@H](C)[C@H](c3ccccc3)OC(=O)[C@H]3[C@@H]4O[C@@]5(C=C4Br)[C@@H]3C(=O)N([C@@H](CO)CC(C)C)[C@@H]5C2=O)cc1. The number of carbonyl (C=O) groups is 4. The van der Waals surface area contributed by atoms with Gasteiger partial charge in [0.2, 0.25) is 11.8 Å². The molecule has 0 saturated carbocycles. The summed E-state index contributed by atoms with van der Waals surface area (Å²) in [5.41, 5.74) is -0.264. The van der Waals surface area contributed by atoms with Crippen LogP contribution in [-0.2, 0) is 28.7 Å². The number of ether oxygens (including phenoxy) is 3. The molecule has 2 fully saturated rings. The first kappa shape index (κ1) is 36.8. The summed E-state index contributed by atoms with van der Waals surface area (Å²) >= 11 is 3.62. The lowest BCUT2D eigenvalue weighted by atomic mass is 9.74. The second-order valence-electron chi connectivity index (χ2n) is 14.2. The quantitative estimate of drug-likeness (QED) is 0.316. The number of halogens is 1. The molecule has 3 amide bonds. The zero-order valence-electron chi connectivity index (χ0n) is 29.6. The topological polar surface area (TPSA) is 126 Å². The second-order valence-corrected chi connectivity index (χ2v) is 15.1. The van der Waals surface area contributed by atoms with E-state index in [2.05, 4.69) is 15.9 Å². The fourth-order valence-corrected chi connectivity index (χ4v) is 8.79. The molecule has 51 heavy (non-hydrogen) atoms. The molecule has 2 saturated heterocycles. The maximum atomic E-state index is 15.2. The molecule has 12 heteroatoms. The number of nitrogens with zero attached hydrogens (tertiary/aromatic N) is 3. The number of esters is 1. The molecule has 1 spiro atoms. The van der Waals surface area contributed by atoms with Gasteiger partial charge in [-0.15, -0.1) is 0 Å². The van der Waals surface area contributed by atoms with Crippen LogP contribution in [0.5, 0.6) is 5.75 Å². The van der Waals surface area contributed by atoms with Crippen LogP contribution in [0.2, 0.25) is 0 Å². The molecule has 272 valence electrons. The summed E-state index contributed by atoms with van der Waals surface area (Å²) in [7, 11) is 3.25. The molecular formula is C39H46BrN3O8. The maximum Gasteiger partial charge on any atom is 0.313 e. The van der Waals surface area contributed by atoms with Gasteiger partial charge in [0.05, 0.1) is 31.7 Å². The van der Waals surface area contributed by atoms with Gasteiger partial charge in [0, 0.05) is 30.2 Å². The Morgan fingerprint density at radius 2 is 1.71 bits per heavy atom. The molecule has 4 aliphatic rings. The summed E-state index contributed by atoms with van der Waals surface area (Å²) in [6.07, 6.45) is 4.79. The van der Waals surface area contributed by atoms with Crippen molar-refractivity contribution < 1.29 is 38.5 Å². The minimum atomic E-state index is -1.52. The minimum absolute atomic E-state index is 0.0860. The van der Waals surface area contributed by atoms with Crippen molar-refractivity contribution in [3.05, 3.63) is 82.9 Å². The van der Waals surface area contributed by atoms with Crippen molar-refractivity contribution in [1.29, 1.82) is 0 Å². The van der Waals surface area contributed by atoms with Gasteiger partial charge in [-0.3, -0.25) is 19.2 Å². The van der Waals surface area contributed by atoms with Crippen LogP contribution >= 0.6 is 15.9 Å².